The third kappa shape index (κ3) is 1.77. The van der Waals surface area contributed by atoms with E-state index < -0.39 is 0 Å². The molecule has 3 atom stereocenters. The zero-order valence-electron chi connectivity index (χ0n) is 11.8. The molecular weight excluding hydrogens is 264 g/mol. The fraction of sp³-hybridized carbons (Fsp3) is 0.412. The maximum atomic E-state index is 6.34. The lowest BCUT2D eigenvalue weighted by molar-refractivity contribution is 0.131. The molecule has 3 heteroatoms. The molecule has 1 aliphatic carbocycles. The summed E-state index contributed by atoms with van der Waals surface area (Å²) in [6, 6.07) is 12.2. The molecule has 4 rings (SSSR count). The summed E-state index contributed by atoms with van der Waals surface area (Å²) in [5.41, 5.74) is 10.7. The molecule has 0 spiro atoms. The van der Waals surface area contributed by atoms with Crippen molar-refractivity contribution in [3.05, 3.63) is 57.3 Å². The summed E-state index contributed by atoms with van der Waals surface area (Å²) in [5, 5.41) is 2.24. The largest absolute Gasteiger partial charge is 0.324 e. The minimum absolute atomic E-state index is 0.201. The second-order valence-electron chi connectivity index (χ2n) is 5.95. The van der Waals surface area contributed by atoms with Gasteiger partial charge in [-0.25, -0.2) is 0 Å². The fourth-order valence-electron chi connectivity index (χ4n) is 3.92. The summed E-state index contributed by atoms with van der Waals surface area (Å²) in [4.78, 5) is 4.23. The van der Waals surface area contributed by atoms with E-state index in [2.05, 4.69) is 47.5 Å². The Bertz CT molecular complexity index is 633. The zero-order chi connectivity index (χ0) is 13.7. The van der Waals surface area contributed by atoms with Crippen molar-refractivity contribution in [2.75, 3.05) is 6.54 Å². The third-order valence-electron chi connectivity index (χ3n) is 4.96. The molecule has 20 heavy (non-hydrogen) atoms. The quantitative estimate of drug-likeness (QED) is 0.862. The fourth-order valence-corrected chi connectivity index (χ4v) is 4.88. The van der Waals surface area contributed by atoms with Gasteiger partial charge in [-0.05, 0) is 47.9 Å². The normalized spacial score (nSPS) is 29.2. The van der Waals surface area contributed by atoms with E-state index in [1.165, 1.54) is 23.1 Å². The highest BCUT2D eigenvalue weighted by Gasteiger charge is 2.37. The van der Waals surface area contributed by atoms with Crippen LogP contribution in [0.2, 0.25) is 0 Å². The van der Waals surface area contributed by atoms with Crippen molar-refractivity contribution >= 4 is 11.3 Å². The molecular formula is C17H20N2S. The maximum absolute atomic E-state index is 6.34. The van der Waals surface area contributed by atoms with Crippen molar-refractivity contribution in [3.63, 3.8) is 0 Å². The topological polar surface area (TPSA) is 29.3 Å². The van der Waals surface area contributed by atoms with Crippen molar-refractivity contribution in [1.29, 1.82) is 0 Å². The van der Waals surface area contributed by atoms with Crippen LogP contribution in [0.4, 0.5) is 0 Å². The molecule has 2 aromatic rings. The molecule has 2 nitrogen and oxygen atoms in total. The summed E-state index contributed by atoms with van der Waals surface area (Å²) >= 11 is 1.91. The first-order valence-corrected chi connectivity index (χ1v) is 8.30. The Morgan fingerprint density at radius 2 is 1.95 bits per heavy atom. The van der Waals surface area contributed by atoms with Crippen molar-refractivity contribution in [2.24, 2.45) is 5.73 Å². The highest BCUT2D eigenvalue weighted by Crippen LogP contribution is 2.46. The molecule has 0 saturated heterocycles. The summed E-state index contributed by atoms with van der Waals surface area (Å²) in [6.07, 6.45) is 2.24. The van der Waals surface area contributed by atoms with Gasteiger partial charge in [0.2, 0.25) is 0 Å². The highest BCUT2D eigenvalue weighted by molar-refractivity contribution is 7.10. The van der Waals surface area contributed by atoms with E-state index in [4.69, 9.17) is 5.73 Å². The number of benzene rings is 1. The van der Waals surface area contributed by atoms with Gasteiger partial charge in [0.05, 0.1) is 0 Å². The first-order chi connectivity index (χ1) is 9.75. The van der Waals surface area contributed by atoms with E-state index in [1.807, 2.05) is 11.3 Å². The van der Waals surface area contributed by atoms with Gasteiger partial charge in [-0.3, -0.25) is 4.90 Å². The number of fused-ring (bicyclic) bond motifs is 2. The third-order valence-corrected chi connectivity index (χ3v) is 5.95. The molecule has 1 aliphatic heterocycles. The van der Waals surface area contributed by atoms with Gasteiger partial charge in [0.1, 0.15) is 0 Å². The predicted molar refractivity (Wildman–Crippen MR) is 83.9 cm³/mol. The van der Waals surface area contributed by atoms with E-state index in [9.17, 15) is 0 Å². The van der Waals surface area contributed by atoms with E-state index in [-0.39, 0.29) is 6.04 Å². The van der Waals surface area contributed by atoms with Crippen LogP contribution in [0.25, 0.3) is 0 Å². The molecule has 0 fully saturated rings. The molecule has 0 saturated carbocycles. The SMILES string of the molecule is CC1c2ccsc2CCN1C1CC(N)c2ccccc21. The number of rotatable bonds is 1. The van der Waals surface area contributed by atoms with E-state index >= 15 is 0 Å². The molecule has 2 heterocycles. The summed E-state index contributed by atoms with van der Waals surface area (Å²) < 4.78 is 0. The van der Waals surface area contributed by atoms with Crippen LogP contribution in [0.3, 0.4) is 0 Å². The van der Waals surface area contributed by atoms with E-state index in [0.717, 1.165) is 13.0 Å². The van der Waals surface area contributed by atoms with Crippen LogP contribution in [0.1, 0.15) is 53.0 Å². The lowest BCUT2D eigenvalue weighted by Crippen LogP contribution is -2.35. The second kappa shape index (κ2) is 4.69. The number of thiophene rings is 1. The van der Waals surface area contributed by atoms with Gasteiger partial charge in [0.15, 0.2) is 0 Å². The standard InChI is InChI=1S/C17H20N2S/c1-11-12-7-9-20-17(12)6-8-19(11)16-10-15(18)13-4-2-3-5-14(13)16/h2-5,7,9,11,15-16H,6,8,10,18H2,1H3. The van der Waals surface area contributed by atoms with Crippen molar-refractivity contribution < 1.29 is 0 Å². The molecule has 1 aromatic carbocycles. The molecule has 1 aromatic heterocycles. The van der Waals surface area contributed by atoms with Crippen molar-refractivity contribution in [2.45, 2.75) is 37.9 Å². The predicted octanol–water partition coefficient (Wildman–Crippen LogP) is 3.81. The first-order valence-electron chi connectivity index (χ1n) is 7.42. The molecule has 0 bridgehead atoms. The van der Waals surface area contributed by atoms with Gasteiger partial charge in [-0.2, -0.15) is 0 Å². The highest BCUT2D eigenvalue weighted by atomic mass is 32.1. The van der Waals surface area contributed by atoms with Crippen LogP contribution in [0, 0.1) is 0 Å². The number of nitrogens with two attached hydrogens (primary N) is 1. The second-order valence-corrected chi connectivity index (χ2v) is 6.95. The van der Waals surface area contributed by atoms with Crippen LogP contribution in [-0.4, -0.2) is 11.4 Å². The van der Waals surface area contributed by atoms with Gasteiger partial charge in [0, 0.05) is 29.5 Å². The van der Waals surface area contributed by atoms with Crippen LogP contribution < -0.4 is 5.73 Å². The number of hydrogen-bond donors (Lipinski definition) is 1. The molecule has 2 aliphatic rings. The average Bonchev–Trinajstić information content (AvgIpc) is 3.06. The van der Waals surface area contributed by atoms with Crippen LogP contribution in [-0.2, 0) is 6.42 Å². The Morgan fingerprint density at radius 3 is 2.80 bits per heavy atom. The first kappa shape index (κ1) is 12.6. The number of hydrogen-bond acceptors (Lipinski definition) is 3. The van der Waals surface area contributed by atoms with Gasteiger partial charge >= 0.3 is 0 Å². The molecule has 0 radical (unpaired) electrons. The van der Waals surface area contributed by atoms with Crippen LogP contribution in [0.5, 0.6) is 0 Å². The van der Waals surface area contributed by atoms with Gasteiger partial charge in [-0.1, -0.05) is 24.3 Å². The van der Waals surface area contributed by atoms with Crippen molar-refractivity contribution in [1.82, 2.24) is 4.90 Å². The average molecular weight is 284 g/mol. The molecule has 104 valence electrons. The Kier molecular flexibility index (Phi) is 2.95. The van der Waals surface area contributed by atoms with E-state index in [0.29, 0.717) is 12.1 Å². The Balaban J connectivity index is 1.70. The lowest BCUT2D eigenvalue weighted by atomic mass is 9.97. The minimum Gasteiger partial charge on any atom is -0.324 e. The van der Waals surface area contributed by atoms with Gasteiger partial charge in [0.25, 0.3) is 0 Å². The zero-order valence-corrected chi connectivity index (χ0v) is 12.6. The van der Waals surface area contributed by atoms with Crippen molar-refractivity contribution in [3.8, 4) is 0 Å². The summed E-state index contributed by atoms with van der Waals surface area (Å²) in [5.74, 6) is 0. The summed E-state index contributed by atoms with van der Waals surface area (Å²) in [7, 11) is 0. The smallest absolute Gasteiger partial charge is 0.0375 e. The lowest BCUT2D eigenvalue weighted by Gasteiger charge is -2.38. The van der Waals surface area contributed by atoms with Gasteiger partial charge < -0.3 is 5.73 Å². The van der Waals surface area contributed by atoms with Crippen LogP contribution in [0.15, 0.2) is 35.7 Å². The molecule has 0 amide bonds. The Hall–Kier alpha value is -1.16. The Labute approximate surface area is 124 Å². The Morgan fingerprint density at radius 1 is 1.15 bits per heavy atom. The van der Waals surface area contributed by atoms with Crippen LogP contribution >= 0.6 is 11.3 Å². The molecule has 2 N–H and O–H groups in total. The minimum atomic E-state index is 0.201. The van der Waals surface area contributed by atoms with Gasteiger partial charge in [-0.15, -0.1) is 11.3 Å². The number of nitrogens with zero attached hydrogens (tertiary/aromatic N) is 1. The monoisotopic (exact) mass is 284 g/mol. The maximum Gasteiger partial charge on any atom is 0.0375 e. The van der Waals surface area contributed by atoms with E-state index in [1.54, 1.807) is 4.88 Å². The molecule has 3 unspecified atom stereocenters. The summed E-state index contributed by atoms with van der Waals surface area (Å²) in [6.45, 7) is 3.50.